The van der Waals surface area contributed by atoms with E-state index in [2.05, 4.69) is 205 Å². The van der Waals surface area contributed by atoms with Crippen LogP contribution in [0, 0.1) is 0 Å². The first-order valence-corrected chi connectivity index (χ1v) is 18.5. The average molecular weight is 677 g/mol. The monoisotopic (exact) mass is 676 g/mol. The van der Waals surface area contributed by atoms with Gasteiger partial charge in [-0.2, -0.15) is 0 Å². The number of hydrogen-bond donors (Lipinski definition) is 0. The zero-order chi connectivity index (χ0) is 35.3. The lowest BCUT2D eigenvalue weighted by Crippen LogP contribution is -2.14. The molecule has 0 radical (unpaired) electrons. The highest BCUT2D eigenvalue weighted by Gasteiger charge is 2.35. The van der Waals surface area contributed by atoms with Crippen molar-refractivity contribution in [3.63, 3.8) is 0 Å². The summed E-state index contributed by atoms with van der Waals surface area (Å²) in [6, 6.07) is 67.3. The maximum absolute atomic E-state index is 2.45. The third kappa shape index (κ3) is 4.39. The van der Waals surface area contributed by atoms with Crippen molar-refractivity contribution < 1.29 is 0 Å². The summed E-state index contributed by atoms with van der Waals surface area (Å²) in [6.45, 7) is 4.73. The quantitative estimate of drug-likeness (QED) is 0.176. The Balaban J connectivity index is 1.18. The van der Waals surface area contributed by atoms with E-state index in [1.54, 1.807) is 0 Å². The molecule has 1 aliphatic rings. The maximum atomic E-state index is 2.45. The summed E-state index contributed by atoms with van der Waals surface area (Å²) in [7, 11) is 0. The van der Waals surface area contributed by atoms with Crippen LogP contribution in [0.5, 0.6) is 0 Å². The Bertz CT molecular complexity index is 3030. The minimum absolute atomic E-state index is 0.0783. The van der Waals surface area contributed by atoms with Gasteiger partial charge in [0.25, 0.3) is 0 Å². The summed E-state index contributed by atoms with van der Waals surface area (Å²) in [5.41, 5.74) is 17.4. The lowest BCUT2D eigenvalue weighted by Gasteiger charge is -2.22. The number of nitrogens with zero attached hydrogens (tertiary/aromatic N) is 2. The Labute approximate surface area is 308 Å². The number of para-hydroxylation sites is 4. The molecule has 8 aromatic carbocycles. The van der Waals surface area contributed by atoms with Crippen molar-refractivity contribution in [2.75, 3.05) is 0 Å². The number of benzene rings is 8. The molecule has 0 unspecified atom stereocenters. The molecule has 0 N–H and O–H groups in total. The van der Waals surface area contributed by atoms with E-state index >= 15 is 0 Å². The van der Waals surface area contributed by atoms with Gasteiger partial charge in [0.1, 0.15) is 0 Å². The van der Waals surface area contributed by atoms with Crippen LogP contribution < -0.4 is 0 Å². The van der Waals surface area contributed by atoms with E-state index in [4.69, 9.17) is 0 Å². The van der Waals surface area contributed by atoms with Gasteiger partial charge in [0.15, 0.2) is 0 Å². The van der Waals surface area contributed by atoms with Crippen molar-refractivity contribution in [2.24, 2.45) is 0 Å². The number of aromatic nitrogens is 2. The molecule has 2 heterocycles. The third-order valence-electron chi connectivity index (χ3n) is 11.7. The van der Waals surface area contributed by atoms with E-state index in [0.717, 1.165) is 11.4 Å². The molecule has 0 atom stereocenters. The van der Waals surface area contributed by atoms with Crippen molar-refractivity contribution in [3.05, 3.63) is 193 Å². The van der Waals surface area contributed by atoms with Crippen LogP contribution >= 0.6 is 0 Å². The summed E-state index contributed by atoms with van der Waals surface area (Å²) < 4.78 is 4.86. The molecule has 11 rings (SSSR count). The van der Waals surface area contributed by atoms with Gasteiger partial charge in [-0.05, 0) is 105 Å². The van der Waals surface area contributed by atoms with Crippen molar-refractivity contribution in [1.29, 1.82) is 0 Å². The third-order valence-corrected chi connectivity index (χ3v) is 11.7. The van der Waals surface area contributed by atoms with E-state index < -0.39 is 0 Å². The molecule has 0 aliphatic heterocycles. The first-order valence-electron chi connectivity index (χ1n) is 18.5. The fraction of sp³-hybridized carbons (Fsp3) is 0.0588. The molecule has 0 bridgehead atoms. The van der Waals surface area contributed by atoms with Gasteiger partial charge in [0.2, 0.25) is 0 Å². The topological polar surface area (TPSA) is 9.86 Å². The van der Waals surface area contributed by atoms with Crippen LogP contribution in [0.1, 0.15) is 25.0 Å². The minimum Gasteiger partial charge on any atom is -0.309 e. The van der Waals surface area contributed by atoms with E-state index in [1.165, 1.54) is 88.1 Å². The molecule has 1 aliphatic carbocycles. The molecule has 0 saturated heterocycles. The van der Waals surface area contributed by atoms with Gasteiger partial charge in [-0.1, -0.05) is 135 Å². The van der Waals surface area contributed by atoms with Crippen LogP contribution in [0.25, 0.3) is 88.4 Å². The number of fused-ring (bicyclic) bond motifs is 9. The summed E-state index contributed by atoms with van der Waals surface area (Å²) in [6.07, 6.45) is 0. The summed E-state index contributed by atoms with van der Waals surface area (Å²) in [4.78, 5) is 0. The van der Waals surface area contributed by atoms with Gasteiger partial charge >= 0.3 is 0 Å². The maximum Gasteiger partial charge on any atom is 0.0547 e. The Morgan fingerprint density at radius 2 is 0.811 bits per heavy atom. The molecule has 2 aromatic heterocycles. The van der Waals surface area contributed by atoms with Gasteiger partial charge in [0, 0.05) is 38.3 Å². The standard InChI is InChI=1S/C51H36N2/c1-51(2)45-20-10-6-16-39(45)40-26-24-33(31-46(40)51)35-28-36(30-38(29-35)53-48-22-12-7-17-41(48)42-18-8-13-23-49(42)53)34-25-27-44-43-19-9-11-21-47(43)52(50(44)32-34)37-14-4-3-5-15-37/h3-32H,1-2H3. The van der Waals surface area contributed by atoms with Gasteiger partial charge in [-0.15, -0.1) is 0 Å². The molecular weight excluding hydrogens is 641 g/mol. The van der Waals surface area contributed by atoms with Gasteiger partial charge < -0.3 is 9.13 Å². The molecule has 2 nitrogen and oxygen atoms in total. The molecule has 2 heteroatoms. The van der Waals surface area contributed by atoms with Gasteiger partial charge in [-0.25, -0.2) is 0 Å². The largest absolute Gasteiger partial charge is 0.309 e. The molecular formula is C51H36N2. The van der Waals surface area contributed by atoms with Crippen LogP contribution in [0.15, 0.2) is 182 Å². The highest BCUT2D eigenvalue weighted by molar-refractivity contribution is 6.11. The van der Waals surface area contributed by atoms with Crippen LogP contribution in [0.2, 0.25) is 0 Å². The van der Waals surface area contributed by atoms with E-state index in [-0.39, 0.29) is 5.41 Å². The molecule has 0 fully saturated rings. The molecule has 53 heavy (non-hydrogen) atoms. The number of rotatable bonds is 4. The second-order valence-electron chi connectivity index (χ2n) is 15.0. The lowest BCUT2D eigenvalue weighted by atomic mass is 9.81. The molecule has 250 valence electrons. The van der Waals surface area contributed by atoms with Crippen molar-refractivity contribution in [2.45, 2.75) is 19.3 Å². The van der Waals surface area contributed by atoms with E-state index in [0.29, 0.717) is 0 Å². The lowest BCUT2D eigenvalue weighted by molar-refractivity contribution is 0.660. The highest BCUT2D eigenvalue weighted by atomic mass is 15.0. The predicted octanol–water partition coefficient (Wildman–Crippen LogP) is 13.5. The predicted molar refractivity (Wildman–Crippen MR) is 224 cm³/mol. The van der Waals surface area contributed by atoms with Gasteiger partial charge in [0.05, 0.1) is 22.1 Å². The normalized spacial score (nSPS) is 13.2. The van der Waals surface area contributed by atoms with Crippen LogP contribution in [-0.4, -0.2) is 9.13 Å². The van der Waals surface area contributed by atoms with Crippen molar-refractivity contribution >= 4 is 43.6 Å². The van der Waals surface area contributed by atoms with Crippen molar-refractivity contribution in [3.8, 4) is 44.8 Å². The Kier molecular flexibility index (Phi) is 6.33. The van der Waals surface area contributed by atoms with Crippen molar-refractivity contribution in [1.82, 2.24) is 9.13 Å². The minimum atomic E-state index is -0.0783. The van der Waals surface area contributed by atoms with Crippen LogP contribution in [-0.2, 0) is 5.41 Å². The molecule has 0 saturated carbocycles. The fourth-order valence-electron chi connectivity index (χ4n) is 9.16. The number of hydrogen-bond acceptors (Lipinski definition) is 0. The molecule has 0 spiro atoms. The average Bonchev–Trinajstić information content (AvgIpc) is 3.81. The second-order valence-corrected chi connectivity index (χ2v) is 15.0. The second kappa shape index (κ2) is 11.2. The molecule has 10 aromatic rings. The Morgan fingerprint density at radius 1 is 0.321 bits per heavy atom. The zero-order valence-electron chi connectivity index (χ0n) is 29.7. The summed E-state index contributed by atoms with van der Waals surface area (Å²) >= 11 is 0. The van der Waals surface area contributed by atoms with E-state index in [9.17, 15) is 0 Å². The molecule has 0 amide bonds. The first kappa shape index (κ1) is 30.0. The Hall–Kier alpha value is -6.64. The SMILES string of the molecule is CC1(C)c2ccccc2-c2ccc(-c3cc(-c4ccc5c6ccccc6n(-c6ccccc6)c5c4)cc(-n4c5ccccc5c5ccccc54)c3)cc21. The summed E-state index contributed by atoms with van der Waals surface area (Å²) in [5.74, 6) is 0. The Morgan fingerprint density at radius 3 is 1.47 bits per heavy atom. The first-order chi connectivity index (χ1) is 26.0. The smallest absolute Gasteiger partial charge is 0.0547 e. The van der Waals surface area contributed by atoms with Crippen LogP contribution in [0.3, 0.4) is 0 Å². The fourth-order valence-corrected chi connectivity index (χ4v) is 9.16. The van der Waals surface area contributed by atoms with Crippen LogP contribution in [0.4, 0.5) is 0 Å². The zero-order valence-corrected chi connectivity index (χ0v) is 29.7. The van der Waals surface area contributed by atoms with Gasteiger partial charge in [-0.3, -0.25) is 0 Å². The highest BCUT2D eigenvalue weighted by Crippen LogP contribution is 2.50. The summed E-state index contributed by atoms with van der Waals surface area (Å²) in [5, 5.41) is 5.05. The van der Waals surface area contributed by atoms with E-state index in [1.807, 2.05) is 0 Å².